The third-order valence-electron chi connectivity index (χ3n) is 4.66. The van der Waals surface area contributed by atoms with E-state index in [2.05, 4.69) is 17.4 Å². The van der Waals surface area contributed by atoms with Crippen molar-refractivity contribution in [2.24, 2.45) is 17.8 Å². The number of hydrogen-bond acceptors (Lipinski definition) is 1. The molecule has 0 radical (unpaired) electrons. The Hall–Kier alpha value is -1.31. The highest BCUT2D eigenvalue weighted by Gasteiger charge is 2.39. The number of benzene rings is 1. The number of hydrogen-bond donors (Lipinski definition) is 1. The topological polar surface area (TPSA) is 29.1 Å². The normalized spacial score (nSPS) is 29.4. The summed E-state index contributed by atoms with van der Waals surface area (Å²) in [6.07, 6.45) is 6.20. The van der Waals surface area contributed by atoms with E-state index in [0.717, 1.165) is 18.3 Å². The van der Waals surface area contributed by atoms with E-state index in [1.165, 1.54) is 31.2 Å². The quantitative estimate of drug-likeness (QED) is 0.865. The van der Waals surface area contributed by atoms with Gasteiger partial charge in [0.15, 0.2) is 0 Å². The van der Waals surface area contributed by atoms with Gasteiger partial charge in [0.1, 0.15) is 0 Å². The summed E-state index contributed by atoms with van der Waals surface area (Å²) in [5, 5.41) is 3.05. The minimum atomic E-state index is 0.233. The molecule has 0 aliphatic heterocycles. The Bertz CT molecular complexity index is 414. The van der Waals surface area contributed by atoms with E-state index in [-0.39, 0.29) is 5.91 Å². The molecule has 2 fully saturated rings. The lowest BCUT2D eigenvalue weighted by Gasteiger charge is -2.20. The van der Waals surface area contributed by atoms with Crippen LogP contribution in [0.1, 0.15) is 37.7 Å². The number of carbonyl (C=O) groups is 1. The molecule has 3 atom stereocenters. The fraction of sp³-hybridized carbons (Fsp3) is 0.562. The lowest BCUT2D eigenvalue weighted by atomic mass is 9.86. The number of rotatable bonds is 4. The van der Waals surface area contributed by atoms with Crippen LogP contribution in [0.4, 0.5) is 0 Å². The minimum Gasteiger partial charge on any atom is -0.352 e. The second-order valence-corrected chi connectivity index (χ2v) is 5.90. The fourth-order valence-electron chi connectivity index (χ4n) is 3.73. The van der Waals surface area contributed by atoms with E-state index in [0.29, 0.717) is 12.5 Å². The standard InChI is InChI=1S/C16H21NO/c18-16(17-11-12-4-2-1-3-5-12)10-15-9-13-6-7-14(15)8-13/h1-5,13-15H,6-11H2,(H,17,18)/t13-,14+,15-/m1/s1. The maximum absolute atomic E-state index is 11.9. The molecule has 0 saturated heterocycles. The van der Waals surface area contributed by atoms with Crippen molar-refractivity contribution in [3.63, 3.8) is 0 Å². The number of fused-ring (bicyclic) bond motifs is 2. The first-order valence-electron chi connectivity index (χ1n) is 7.12. The highest BCUT2D eigenvalue weighted by molar-refractivity contribution is 5.76. The monoisotopic (exact) mass is 243 g/mol. The van der Waals surface area contributed by atoms with Gasteiger partial charge in [-0.1, -0.05) is 36.8 Å². The van der Waals surface area contributed by atoms with Crippen molar-refractivity contribution in [3.05, 3.63) is 35.9 Å². The van der Waals surface area contributed by atoms with Crippen LogP contribution in [0.15, 0.2) is 30.3 Å². The molecule has 2 nitrogen and oxygen atoms in total. The molecule has 0 spiro atoms. The first-order valence-corrected chi connectivity index (χ1v) is 7.12. The van der Waals surface area contributed by atoms with Crippen LogP contribution in [0.2, 0.25) is 0 Å². The summed E-state index contributed by atoms with van der Waals surface area (Å²) in [4.78, 5) is 11.9. The molecule has 3 rings (SSSR count). The Morgan fingerprint density at radius 2 is 2.00 bits per heavy atom. The van der Waals surface area contributed by atoms with E-state index in [1.54, 1.807) is 0 Å². The van der Waals surface area contributed by atoms with E-state index in [1.807, 2.05) is 18.2 Å². The molecule has 2 saturated carbocycles. The molecule has 2 bridgehead atoms. The SMILES string of the molecule is O=C(C[C@H]1C[C@@H]2CC[C@H]1C2)NCc1ccccc1. The van der Waals surface area contributed by atoms with Gasteiger partial charge in [0, 0.05) is 13.0 Å². The van der Waals surface area contributed by atoms with Gasteiger partial charge in [0.25, 0.3) is 0 Å². The van der Waals surface area contributed by atoms with Gasteiger partial charge in [-0.25, -0.2) is 0 Å². The van der Waals surface area contributed by atoms with E-state index < -0.39 is 0 Å². The third-order valence-corrected chi connectivity index (χ3v) is 4.66. The molecule has 1 amide bonds. The summed E-state index contributed by atoms with van der Waals surface area (Å²) in [5.74, 6) is 2.68. The van der Waals surface area contributed by atoms with E-state index in [9.17, 15) is 4.79 Å². The summed E-state index contributed by atoms with van der Waals surface area (Å²) < 4.78 is 0. The van der Waals surface area contributed by atoms with Crippen LogP contribution in [-0.4, -0.2) is 5.91 Å². The van der Waals surface area contributed by atoms with Crippen LogP contribution in [0.3, 0.4) is 0 Å². The Morgan fingerprint density at radius 1 is 1.17 bits per heavy atom. The minimum absolute atomic E-state index is 0.233. The van der Waals surface area contributed by atoms with Gasteiger partial charge >= 0.3 is 0 Å². The molecule has 0 aromatic heterocycles. The van der Waals surface area contributed by atoms with Crippen LogP contribution in [0.25, 0.3) is 0 Å². The zero-order valence-corrected chi connectivity index (χ0v) is 10.8. The van der Waals surface area contributed by atoms with Crippen molar-refractivity contribution >= 4 is 5.91 Å². The van der Waals surface area contributed by atoms with Crippen LogP contribution in [0.5, 0.6) is 0 Å². The first-order chi connectivity index (χ1) is 8.81. The van der Waals surface area contributed by atoms with Crippen molar-refractivity contribution in [2.75, 3.05) is 0 Å². The van der Waals surface area contributed by atoms with Gasteiger partial charge in [-0.2, -0.15) is 0 Å². The Morgan fingerprint density at radius 3 is 2.67 bits per heavy atom. The van der Waals surface area contributed by atoms with Gasteiger partial charge in [-0.05, 0) is 42.6 Å². The van der Waals surface area contributed by atoms with Crippen LogP contribution in [-0.2, 0) is 11.3 Å². The highest BCUT2D eigenvalue weighted by Crippen LogP contribution is 2.49. The van der Waals surface area contributed by atoms with E-state index >= 15 is 0 Å². The fourth-order valence-corrected chi connectivity index (χ4v) is 3.73. The maximum Gasteiger partial charge on any atom is 0.220 e. The lowest BCUT2D eigenvalue weighted by molar-refractivity contribution is -0.122. The third kappa shape index (κ3) is 2.58. The smallest absolute Gasteiger partial charge is 0.220 e. The van der Waals surface area contributed by atoms with Gasteiger partial charge < -0.3 is 5.32 Å². The number of carbonyl (C=O) groups excluding carboxylic acids is 1. The van der Waals surface area contributed by atoms with Crippen molar-refractivity contribution < 1.29 is 4.79 Å². The van der Waals surface area contributed by atoms with Crippen molar-refractivity contribution in [3.8, 4) is 0 Å². The largest absolute Gasteiger partial charge is 0.352 e. The average molecular weight is 243 g/mol. The lowest BCUT2D eigenvalue weighted by Crippen LogP contribution is -2.26. The number of nitrogens with one attached hydrogen (secondary N) is 1. The average Bonchev–Trinajstić information content (AvgIpc) is 3.00. The van der Waals surface area contributed by atoms with Crippen molar-refractivity contribution in [2.45, 2.75) is 38.6 Å². The molecule has 1 aromatic rings. The first kappa shape index (κ1) is 11.8. The molecule has 18 heavy (non-hydrogen) atoms. The Balaban J connectivity index is 1.45. The second-order valence-electron chi connectivity index (χ2n) is 5.90. The molecule has 0 unspecified atom stereocenters. The Labute approximate surface area is 109 Å². The molecule has 96 valence electrons. The second kappa shape index (κ2) is 5.13. The Kier molecular flexibility index (Phi) is 3.35. The summed E-state index contributed by atoms with van der Waals surface area (Å²) in [6, 6.07) is 10.1. The molecule has 1 N–H and O–H groups in total. The van der Waals surface area contributed by atoms with Crippen molar-refractivity contribution in [1.82, 2.24) is 5.32 Å². The molecule has 1 aromatic carbocycles. The summed E-state index contributed by atoms with van der Waals surface area (Å²) in [7, 11) is 0. The van der Waals surface area contributed by atoms with Crippen LogP contribution < -0.4 is 5.32 Å². The van der Waals surface area contributed by atoms with Crippen molar-refractivity contribution in [1.29, 1.82) is 0 Å². The van der Waals surface area contributed by atoms with Gasteiger partial charge in [-0.15, -0.1) is 0 Å². The zero-order chi connectivity index (χ0) is 12.4. The summed E-state index contributed by atoms with van der Waals surface area (Å²) in [5.41, 5.74) is 1.18. The number of amides is 1. The zero-order valence-electron chi connectivity index (χ0n) is 10.8. The molecular formula is C16H21NO. The molecule has 2 heteroatoms. The molecule has 0 heterocycles. The molecule has 2 aliphatic rings. The predicted octanol–water partition coefficient (Wildman–Crippen LogP) is 3.13. The van der Waals surface area contributed by atoms with Gasteiger partial charge in [0.2, 0.25) is 5.91 Å². The highest BCUT2D eigenvalue weighted by atomic mass is 16.1. The predicted molar refractivity (Wildman–Crippen MR) is 71.8 cm³/mol. The van der Waals surface area contributed by atoms with Gasteiger partial charge in [0.05, 0.1) is 0 Å². The summed E-state index contributed by atoms with van der Waals surface area (Å²) in [6.45, 7) is 0.667. The van der Waals surface area contributed by atoms with Gasteiger partial charge in [-0.3, -0.25) is 4.79 Å². The van der Waals surface area contributed by atoms with E-state index in [4.69, 9.17) is 0 Å². The van der Waals surface area contributed by atoms with Crippen LogP contribution >= 0.6 is 0 Å². The molecular weight excluding hydrogens is 222 g/mol. The van der Waals surface area contributed by atoms with Crippen LogP contribution in [0, 0.1) is 17.8 Å². The summed E-state index contributed by atoms with van der Waals surface area (Å²) >= 11 is 0. The maximum atomic E-state index is 11.9. The molecule has 2 aliphatic carbocycles.